The van der Waals surface area contributed by atoms with Crippen LogP contribution in [0.3, 0.4) is 0 Å². The van der Waals surface area contributed by atoms with Crippen LogP contribution in [0, 0.1) is 0 Å². The molecule has 2 N–H and O–H groups in total. The van der Waals surface area contributed by atoms with Gasteiger partial charge in [0.15, 0.2) is 0 Å². The highest BCUT2D eigenvalue weighted by Crippen LogP contribution is 2.22. The molecule has 4 nitrogen and oxygen atoms in total. The maximum atomic E-state index is 12.0. The summed E-state index contributed by atoms with van der Waals surface area (Å²) >= 11 is 3.38. The zero-order valence-electron chi connectivity index (χ0n) is 13.4. The van der Waals surface area contributed by atoms with Crippen LogP contribution in [-0.2, 0) is 4.79 Å². The molecule has 0 unspecified atom stereocenters. The number of ether oxygens (including phenoxy) is 1. The van der Waals surface area contributed by atoms with E-state index in [9.17, 15) is 4.79 Å². The summed E-state index contributed by atoms with van der Waals surface area (Å²) in [5, 5.41) is 5.93. The van der Waals surface area contributed by atoms with Crippen molar-refractivity contribution in [1.82, 2.24) is 0 Å². The van der Waals surface area contributed by atoms with Gasteiger partial charge in [-0.1, -0.05) is 34.1 Å². The van der Waals surface area contributed by atoms with Gasteiger partial charge in [0, 0.05) is 15.8 Å². The molecule has 0 aliphatic rings. The van der Waals surface area contributed by atoms with E-state index in [1.807, 2.05) is 78.9 Å². The van der Waals surface area contributed by atoms with Gasteiger partial charge in [-0.15, -0.1) is 0 Å². The van der Waals surface area contributed by atoms with Crippen LogP contribution in [0.2, 0.25) is 0 Å². The van der Waals surface area contributed by atoms with Gasteiger partial charge in [-0.2, -0.15) is 0 Å². The molecule has 3 aromatic rings. The molecule has 0 radical (unpaired) electrons. The van der Waals surface area contributed by atoms with Crippen LogP contribution in [0.15, 0.2) is 83.3 Å². The highest BCUT2D eigenvalue weighted by atomic mass is 79.9. The summed E-state index contributed by atoms with van der Waals surface area (Å²) in [6, 6.07) is 24.5. The Labute approximate surface area is 155 Å². The Bertz CT molecular complexity index is 819. The minimum atomic E-state index is -0.111. The van der Waals surface area contributed by atoms with Crippen LogP contribution in [-0.4, -0.2) is 12.5 Å². The molecule has 0 aliphatic carbocycles. The number of halogens is 1. The van der Waals surface area contributed by atoms with Crippen molar-refractivity contribution in [2.45, 2.75) is 0 Å². The Morgan fingerprint density at radius 2 is 1.40 bits per heavy atom. The fourth-order valence-corrected chi connectivity index (χ4v) is 2.45. The lowest BCUT2D eigenvalue weighted by Gasteiger charge is -2.09. The van der Waals surface area contributed by atoms with Crippen LogP contribution in [0.25, 0.3) is 0 Å². The minimum Gasteiger partial charge on any atom is -0.457 e. The van der Waals surface area contributed by atoms with Gasteiger partial charge < -0.3 is 15.4 Å². The van der Waals surface area contributed by atoms with Crippen molar-refractivity contribution in [2.24, 2.45) is 0 Å². The molecule has 126 valence electrons. The van der Waals surface area contributed by atoms with Gasteiger partial charge in [0.05, 0.1) is 6.54 Å². The number of anilines is 2. The van der Waals surface area contributed by atoms with Gasteiger partial charge in [-0.25, -0.2) is 0 Å². The fourth-order valence-electron chi connectivity index (χ4n) is 2.19. The van der Waals surface area contributed by atoms with E-state index in [1.165, 1.54) is 0 Å². The fraction of sp³-hybridized carbons (Fsp3) is 0.0500. The first-order valence-corrected chi connectivity index (χ1v) is 8.60. The number of amides is 1. The standard InChI is InChI=1S/C20H17BrN2O2/c21-15-6-8-16(9-7-15)22-14-20(24)23-17-10-12-19(13-11-17)25-18-4-2-1-3-5-18/h1-13,22H,14H2,(H,23,24). The predicted octanol–water partition coefficient (Wildman–Crippen LogP) is 5.29. The zero-order valence-corrected chi connectivity index (χ0v) is 15.0. The van der Waals surface area contributed by atoms with Gasteiger partial charge >= 0.3 is 0 Å². The molecule has 0 heterocycles. The van der Waals surface area contributed by atoms with E-state index in [4.69, 9.17) is 4.74 Å². The molecule has 1 amide bonds. The van der Waals surface area contributed by atoms with Gasteiger partial charge in [0.25, 0.3) is 0 Å². The molecule has 0 aliphatic heterocycles. The lowest BCUT2D eigenvalue weighted by molar-refractivity contribution is -0.114. The number of carbonyl (C=O) groups excluding carboxylic acids is 1. The number of hydrogen-bond acceptors (Lipinski definition) is 3. The summed E-state index contributed by atoms with van der Waals surface area (Å²) in [5.41, 5.74) is 1.62. The molecular formula is C20H17BrN2O2. The van der Waals surface area contributed by atoms with Crippen LogP contribution < -0.4 is 15.4 Å². The highest BCUT2D eigenvalue weighted by Gasteiger charge is 2.03. The van der Waals surface area contributed by atoms with E-state index in [1.54, 1.807) is 0 Å². The number of rotatable bonds is 6. The maximum absolute atomic E-state index is 12.0. The smallest absolute Gasteiger partial charge is 0.243 e. The van der Waals surface area contributed by atoms with Crippen molar-refractivity contribution in [2.75, 3.05) is 17.2 Å². The quantitative estimate of drug-likeness (QED) is 0.594. The average Bonchev–Trinajstić information content (AvgIpc) is 2.64. The summed E-state index contributed by atoms with van der Waals surface area (Å²) < 4.78 is 6.72. The van der Waals surface area contributed by atoms with Crippen molar-refractivity contribution < 1.29 is 9.53 Å². The molecule has 5 heteroatoms. The summed E-state index contributed by atoms with van der Waals surface area (Å²) in [4.78, 5) is 12.0. The number of benzene rings is 3. The first-order valence-electron chi connectivity index (χ1n) is 7.81. The second-order valence-electron chi connectivity index (χ2n) is 5.35. The monoisotopic (exact) mass is 396 g/mol. The first kappa shape index (κ1) is 17.0. The topological polar surface area (TPSA) is 50.4 Å². The molecule has 0 saturated heterocycles. The highest BCUT2D eigenvalue weighted by molar-refractivity contribution is 9.10. The third kappa shape index (κ3) is 5.36. The number of para-hydroxylation sites is 1. The first-order chi connectivity index (χ1) is 12.2. The number of hydrogen-bond donors (Lipinski definition) is 2. The Morgan fingerprint density at radius 3 is 2.08 bits per heavy atom. The van der Waals surface area contributed by atoms with Crippen molar-refractivity contribution in [3.05, 3.63) is 83.3 Å². The Morgan fingerprint density at radius 1 is 0.800 bits per heavy atom. The second-order valence-corrected chi connectivity index (χ2v) is 6.26. The van der Waals surface area contributed by atoms with E-state index < -0.39 is 0 Å². The lowest BCUT2D eigenvalue weighted by Crippen LogP contribution is -2.21. The van der Waals surface area contributed by atoms with Gasteiger partial charge in [-0.3, -0.25) is 4.79 Å². The summed E-state index contributed by atoms with van der Waals surface area (Å²) in [5.74, 6) is 1.38. The largest absolute Gasteiger partial charge is 0.457 e. The number of carbonyl (C=O) groups is 1. The molecule has 0 saturated carbocycles. The third-order valence-corrected chi connectivity index (χ3v) is 3.94. The van der Waals surface area contributed by atoms with Crippen LogP contribution in [0.1, 0.15) is 0 Å². The van der Waals surface area contributed by atoms with E-state index in [0.29, 0.717) is 0 Å². The third-order valence-electron chi connectivity index (χ3n) is 3.41. The van der Waals surface area contributed by atoms with E-state index >= 15 is 0 Å². The summed E-state index contributed by atoms with van der Waals surface area (Å²) in [6.45, 7) is 0.198. The normalized spacial score (nSPS) is 10.1. The number of nitrogens with one attached hydrogen (secondary N) is 2. The molecule has 0 spiro atoms. The summed E-state index contributed by atoms with van der Waals surface area (Å²) in [7, 11) is 0. The van der Waals surface area contributed by atoms with Gasteiger partial charge in [0.1, 0.15) is 11.5 Å². The maximum Gasteiger partial charge on any atom is 0.243 e. The van der Waals surface area contributed by atoms with Crippen LogP contribution in [0.5, 0.6) is 11.5 Å². The molecule has 0 aromatic heterocycles. The van der Waals surface area contributed by atoms with Crippen LogP contribution >= 0.6 is 15.9 Å². The molecule has 0 atom stereocenters. The molecular weight excluding hydrogens is 380 g/mol. The van der Waals surface area contributed by atoms with E-state index in [0.717, 1.165) is 27.3 Å². The zero-order chi connectivity index (χ0) is 17.5. The van der Waals surface area contributed by atoms with E-state index in [2.05, 4.69) is 26.6 Å². The minimum absolute atomic E-state index is 0.111. The van der Waals surface area contributed by atoms with Crippen molar-refractivity contribution in [3.63, 3.8) is 0 Å². The van der Waals surface area contributed by atoms with E-state index in [-0.39, 0.29) is 12.5 Å². The molecule has 0 bridgehead atoms. The van der Waals surface area contributed by atoms with Gasteiger partial charge in [-0.05, 0) is 60.7 Å². The van der Waals surface area contributed by atoms with Crippen molar-refractivity contribution in [3.8, 4) is 11.5 Å². The lowest BCUT2D eigenvalue weighted by atomic mass is 10.3. The van der Waals surface area contributed by atoms with Crippen molar-refractivity contribution in [1.29, 1.82) is 0 Å². The second kappa shape index (κ2) is 8.35. The summed E-state index contributed by atoms with van der Waals surface area (Å²) in [6.07, 6.45) is 0. The Balaban J connectivity index is 1.50. The molecule has 3 rings (SSSR count). The van der Waals surface area contributed by atoms with Crippen molar-refractivity contribution >= 4 is 33.2 Å². The SMILES string of the molecule is O=C(CNc1ccc(Br)cc1)Nc1ccc(Oc2ccccc2)cc1. The Kier molecular flexibility index (Phi) is 5.69. The molecule has 3 aromatic carbocycles. The molecule has 0 fully saturated rings. The predicted molar refractivity (Wildman–Crippen MR) is 104 cm³/mol. The molecule has 25 heavy (non-hydrogen) atoms. The average molecular weight is 397 g/mol. The van der Waals surface area contributed by atoms with Crippen LogP contribution in [0.4, 0.5) is 11.4 Å². The van der Waals surface area contributed by atoms with Gasteiger partial charge in [0.2, 0.25) is 5.91 Å². The Hall–Kier alpha value is -2.79.